The van der Waals surface area contributed by atoms with Crippen molar-refractivity contribution in [3.63, 3.8) is 0 Å². The Kier molecular flexibility index (Phi) is 6.32. The second kappa shape index (κ2) is 9.56. The van der Waals surface area contributed by atoms with Gasteiger partial charge in [-0.2, -0.15) is 4.31 Å². The molecule has 3 aromatic carbocycles. The van der Waals surface area contributed by atoms with Gasteiger partial charge in [0.25, 0.3) is 5.56 Å². The highest BCUT2D eigenvalue weighted by molar-refractivity contribution is 7.89. The van der Waals surface area contributed by atoms with E-state index in [1.165, 1.54) is 4.31 Å². The first-order chi connectivity index (χ1) is 16.9. The van der Waals surface area contributed by atoms with E-state index in [0.717, 1.165) is 16.5 Å². The largest absolute Gasteiger partial charge is 0.486 e. The summed E-state index contributed by atoms with van der Waals surface area (Å²) in [6, 6.07) is 21.6. The first-order valence-corrected chi connectivity index (χ1v) is 12.9. The summed E-state index contributed by atoms with van der Waals surface area (Å²) in [6.45, 7) is 3.09. The lowest BCUT2D eigenvalue weighted by atomic mass is 10.1. The van der Waals surface area contributed by atoms with Gasteiger partial charge in [-0.1, -0.05) is 48.0 Å². The number of hydrogen-bond acceptors (Lipinski definition) is 5. The van der Waals surface area contributed by atoms with E-state index < -0.39 is 10.0 Å². The number of aromatic amines is 1. The van der Waals surface area contributed by atoms with Crippen molar-refractivity contribution in [3.8, 4) is 11.5 Å². The number of H-pyrrole nitrogens is 1. The van der Waals surface area contributed by atoms with Crippen LogP contribution in [-0.2, 0) is 23.0 Å². The zero-order valence-corrected chi connectivity index (χ0v) is 20.2. The molecule has 0 fully saturated rings. The minimum Gasteiger partial charge on any atom is -0.486 e. The van der Waals surface area contributed by atoms with E-state index in [9.17, 15) is 13.2 Å². The standard InChI is InChI=1S/C27H26N2O5S/c1-19-6-5-7-20(14-19)10-11-29(35(31,32)23-8-3-2-4-9-23)18-22-15-21-16-25-26(34-13-12-33-25)17-24(21)28-27(22)30/h2-9,14-17H,10-13,18H2,1H3,(H,28,30). The van der Waals surface area contributed by atoms with Crippen LogP contribution in [0.4, 0.5) is 0 Å². The molecule has 0 radical (unpaired) electrons. The highest BCUT2D eigenvalue weighted by Gasteiger charge is 2.26. The topological polar surface area (TPSA) is 88.7 Å². The van der Waals surface area contributed by atoms with Crippen molar-refractivity contribution in [1.29, 1.82) is 0 Å². The van der Waals surface area contributed by atoms with Crippen molar-refractivity contribution in [2.45, 2.75) is 24.8 Å². The predicted octanol–water partition coefficient (Wildman–Crippen LogP) is 4.04. The molecule has 180 valence electrons. The van der Waals surface area contributed by atoms with Gasteiger partial charge < -0.3 is 14.5 Å². The molecule has 1 aliphatic heterocycles. The van der Waals surface area contributed by atoms with Crippen LogP contribution in [0, 0.1) is 6.92 Å². The summed E-state index contributed by atoms with van der Waals surface area (Å²) in [5.74, 6) is 1.19. The van der Waals surface area contributed by atoms with Gasteiger partial charge in [-0.05, 0) is 43.2 Å². The number of nitrogens with one attached hydrogen (secondary N) is 1. The van der Waals surface area contributed by atoms with Crippen molar-refractivity contribution < 1.29 is 17.9 Å². The van der Waals surface area contributed by atoms with Gasteiger partial charge in [-0.25, -0.2) is 8.42 Å². The molecule has 0 amide bonds. The number of benzene rings is 3. The van der Waals surface area contributed by atoms with E-state index in [1.54, 1.807) is 42.5 Å². The van der Waals surface area contributed by atoms with Crippen LogP contribution in [0.15, 0.2) is 82.5 Å². The number of aromatic nitrogens is 1. The maximum atomic E-state index is 13.6. The monoisotopic (exact) mass is 490 g/mol. The fourth-order valence-corrected chi connectivity index (χ4v) is 5.68. The number of sulfonamides is 1. The molecule has 0 aliphatic carbocycles. The van der Waals surface area contributed by atoms with E-state index in [0.29, 0.717) is 42.2 Å². The number of fused-ring (bicyclic) bond motifs is 2. The Morgan fingerprint density at radius 1 is 0.914 bits per heavy atom. The average molecular weight is 491 g/mol. The number of pyridine rings is 1. The molecule has 7 nitrogen and oxygen atoms in total. The second-order valence-electron chi connectivity index (χ2n) is 8.60. The van der Waals surface area contributed by atoms with Gasteiger partial charge in [0.1, 0.15) is 13.2 Å². The Morgan fingerprint density at radius 3 is 2.40 bits per heavy atom. The molecule has 0 unspecified atom stereocenters. The normalized spacial score (nSPS) is 13.3. The van der Waals surface area contributed by atoms with Gasteiger partial charge in [0, 0.05) is 30.1 Å². The van der Waals surface area contributed by atoms with E-state index in [-0.39, 0.29) is 23.5 Å². The van der Waals surface area contributed by atoms with Crippen molar-refractivity contribution in [3.05, 3.63) is 99.8 Å². The summed E-state index contributed by atoms with van der Waals surface area (Å²) >= 11 is 0. The number of aryl methyl sites for hydroxylation is 1. The predicted molar refractivity (Wildman–Crippen MR) is 134 cm³/mol. The van der Waals surface area contributed by atoms with Crippen molar-refractivity contribution >= 4 is 20.9 Å². The van der Waals surface area contributed by atoms with E-state index in [4.69, 9.17) is 9.47 Å². The summed E-state index contributed by atoms with van der Waals surface area (Å²) in [6.07, 6.45) is 0.526. The molecule has 35 heavy (non-hydrogen) atoms. The molecular weight excluding hydrogens is 464 g/mol. The third-order valence-electron chi connectivity index (χ3n) is 6.04. The lowest BCUT2D eigenvalue weighted by Crippen LogP contribution is -2.34. The maximum Gasteiger partial charge on any atom is 0.252 e. The molecule has 0 bridgehead atoms. The van der Waals surface area contributed by atoms with Gasteiger partial charge >= 0.3 is 0 Å². The lowest BCUT2D eigenvalue weighted by Gasteiger charge is -2.23. The lowest BCUT2D eigenvalue weighted by molar-refractivity contribution is 0.172. The second-order valence-corrected chi connectivity index (χ2v) is 10.5. The van der Waals surface area contributed by atoms with Gasteiger partial charge in [0.2, 0.25) is 10.0 Å². The molecule has 0 saturated heterocycles. The van der Waals surface area contributed by atoms with Crippen LogP contribution in [0.2, 0.25) is 0 Å². The summed E-state index contributed by atoms with van der Waals surface area (Å²) in [5.41, 5.74) is 2.78. The Labute approximate surface area is 204 Å². The van der Waals surface area contributed by atoms with E-state index in [1.807, 2.05) is 37.3 Å². The first-order valence-electron chi connectivity index (χ1n) is 11.5. The van der Waals surface area contributed by atoms with Crippen LogP contribution in [0.5, 0.6) is 11.5 Å². The van der Waals surface area contributed by atoms with E-state index in [2.05, 4.69) is 4.98 Å². The SMILES string of the molecule is Cc1cccc(CCN(Cc2cc3cc4c(cc3[nH]c2=O)OCCO4)S(=O)(=O)c2ccccc2)c1. The highest BCUT2D eigenvalue weighted by atomic mass is 32.2. The van der Waals surface area contributed by atoms with Crippen LogP contribution in [0.25, 0.3) is 10.9 Å². The number of ether oxygens (including phenoxy) is 2. The van der Waals surface area contributed by atoms with Crippen molar-refractivity contribution in [2.75, 3.05) is 19.8 Å². The molecule has 2 heterocycles. The van der Waals surface area contributed by atoms with Crippen LogP contribution in [-0.4, -0.2) is 37.5 Å². The quantitative estimate of drug-likeness (QED) is 0.422. The number of rotatable bonds is 7. The third kappa shape index (κ3) is 4.94. The first kappa shape index (κ1) is 23.1. The van der Waals surface area contributed by atoms with Crippen LogP contribution >= 0.6 is 0 Å². The number of hydrogen-bond donors (Lipinski definition) is 1. The molecule has 1 N–H and O–H groups in total. The van der Waals surface area contributed by atoms with Gasteiger partial charge in [-0.3, -0.25) is 4.79 Å². The molecular formula is C27H26N2O5S. The van der Waals surface area contributed by atoms with E-state index >= 15 is 0 Å². The zero-order valence-electron chi connectivity index (χ0n) is 19.4. The van der Waals surface area contributed by atoms with Crippen molar-refractivity contribution in [1.82, 2.24) is 9.29 Å². The van der Waals surface area contributed by atoms with Crippen molar-refractivity contribution in [2.24, 2.45) is 0 Å². The Hall–Kier alpha value is -3.62. The molecule has 4 aromatic rings. The third-order valence-corrected chi connectivity index (χ3v) is 7.90. The van der Waals surface area contributed by atoms with Crippen LogP contribution in [0.3, 0.4) is 0 Å². The average Bonchev–Trinajstić information content (AvgIpc) is 2.86. The Morgan fingerprint density at radius 2 is 1.66 bits per heavy atom. The van der Waals surface area contributed by atoms with Crippen LogP contribution in [0.1, 0.15) is 16.7 Å². The smallest absolute Gasteiger partial charge is 0.252 e. The maximum absolute atomic E-state index is 13.6. The minimum atomic E-state index is -3.83. The zero-order chi connectivity index (χ0) is 24.4. The Balaban J connectivity index is 1.51. The molecule has 5 rings (SSSR count). The van der Waals surface area contributed by atoms with Crippen LogP contribution < -0.4 is 15.0 Å². The summed E-state index contributed by atoms with van der Waals surface area (Å²) in [4.78, 5) is 16.0. The number of nitrogens with zero attached hydrogens (tertiary/aromatic N) is 1. The Bertz CT molecular complexity index is 1530. The van der Waals surface area contributed by atoms with Gasteiger partial charge in [0.15, 0.2) is 11.5 Å². The molecule has 1 aliphatic rings. The molecule has 0 saturated carbocycles. The summed E-state index contributed by atoms with van der Waals surface area (Å²) in [5, 5.41) is 0.750. The molecule has 8 heteroatoms. The molecule has 0 atom stereocenters. The van der Waals surface area contributed by atoms with Gasteiger partial charge in [0.05, 0.1) is 10.4 Å². The van der Waals surface area contributed by atoms with Gasteiger partial charge in [-0.15, -0.1) is 0 Å². The molecule has 0 spiro atoms. The fourth-order valence-electron chi connectivity index (χ4n) is 4.24. The summed E-state index contributed by atoms with van der Waals surface area (Å²) < 4.78 is 39.8. The fraction of sp³-hybridized carbons (Fsp3) is 0.222. The summed E-state index contributed by atoms with van der Waals surface area (Å²) in [7, 11) is -3.83. The molecule has 1 aromatic heterocycles. The minimum absolute atomic E-state index is 0.0528. The highest BCUT2D eigenvalue weighted by Crippen LogP contribution is 2.33.